The molecule has 0 bridgehead atoms. The van der Waals surface area contributed by atoms with Crippen molar-refractivity contribution in [1.29, 1.82) is 0 Å². The van der Waals surface area contributed by atoms with Gasteiger partial charge in [-0.25, -0.2) is 4.79 Å². The highest BCUT2D eigenvalue weighted by Gasteiger charge is 2.14. The number of carbonyl (C=O) groups is 3. The molecule has 1 saturated carbocycles. The number of rotatable bonds is 21. The maximum absolute atomic E-state index is 11.8. The van der Waals surface area contributed by atoms with E-state index in [9.17, 15) is 24.5 Å². The molecule has 1 aliphatic carbocycles. The molecule has 0 spiro atoms. The van der Waals surface area contributed by atoms with Crippen molar-refractivity contribution in [3.05, 3.63) is 88.0 Å². The van der Waals surface area contributed by atoms with Crippen molar-refractivity contribution >= 4 is 17.8 Å². The minimum atomic E-state index is -0.907. The number of carbonyl (C=O) groups excluding carboxylic acids is 3. The third kappa shape index (κ3) is 20.5. The number of amides is 1. The molecule has 1 fully saturated rings. The second kappa shape index (κ2) is 25.0. The zero-order valence-corrected chi connectivity index (χ0v) is 27.9. The van der Waals surface area contributed by atoms with Gasteiger partial charge in [0.2, 0.25) is 5.91 Å². The van der Waals surface area contributed by atoms with Gasteiger partial charge in [-0.2, -0.15) is 0 Å². The van der Waals surface area contributed by atoms with Crippen LogP contribution in [0, 0.1) is 16.0 Å². The number of ether oxygens (including phenoxy) is 2. The van der Waals surface area contributed by atoms with E-state index in [-0.39, 0.29) is 38.5 Å². The minimum absolute atomic E-state index is 0.0368. The summed E-state index contributed by atoms with van der Waals surface area (Å²) >= 11 is 0. The Hall–Kier alpha value is -4.21. The summed E-state index contributed by atoms with van der Waals surface area (Å²) in [6.45, 7) is 1.73. The van der Waals surface area contributed by atoms with Gasteiger partial charge in [-0.15, -0.1) is 10.1 Å². The molecule has 2 aromatic rings. The van der Waals surface area contributed by atoms with Crippen molar-refractivity contribution in [3.8, 4) is 5.75 Å². The van der Waals surface area contributed by atoms with E-state index in [4.69, 9.17) is 9.47 Å². The summed E-state index contributed by atoms with van der Waals surface area (Å²) in [6.07, 6.45) is 19.5. The molecule has 47 heavy (non-hydrogen) atoms. The molecule has 0 unspecified atom stereocenters. The lowest BCUT2D eigenvalue weighted by atomic mass is 9.98. The van der Waals surface area contributed by atoms with Gasteiger partial charge in [-0.3, -0.25) is 9.59 Å². The molecule has 2 aromatic carbocycles. The van der Waals surface area contributed by atoms with E-state index < -0.39 is 17.0 Å². The Labute approximate surface area is 279 Å². The van der Waals surface area contributed by atoms with Crippen molar-refractivity contribution < 1.29 is 33.8 Å². The monoisotopic (exact) mass is 652 g/mol. The highest BCUT2D eigenvalue weighted by atomic mass is 16.9. The Morgan fingerprint density at radius 3 is 2.28 bits per heavy atom. The molecule has 0 saturated heterocycles. The predicted molar refractivity (Wildman–Crippen MR) is 181 cm³/mol. The summed E-state index contributed by atoms with van der Waals surface area (Å²) in [7, 11) is 0. The second-order valence-corrected chi connectivity index (χ2v) is 11.7. The Kier molecular flexibility index (Phi) is 20.7. The summed E-state index contributed by atoms with van der Waals surface area (Å²) in [5, 5.41) is 11.6. The first-order chi connectivity index (χ1) is 22.9. The molecule has 1 N–H and O–H groups in total. The first-order valence-corrected chi connectivity index (χ1v) is 17.0. The lowest BCUT2D eigenvalue weighted by molar-refractivity contribution is -0.757. The van der Waals surface area contributed by atoms with Crippen LogP contribution in [0.25, 0.3) is 0 Å². The van der Waals surface area contributed by atoms with E-state index in [2.05, 4.69) is 40.5 Å². The van der Waals surface area contributed by atoms with Crippen molar-refractivity contribution in [2.24, 2.45) is 5.92 Å². The first kappa shape index (κ1) is 39.0. The van der Waals surface area contributed by atoms with Gasteiger partial charge in [-0.1, -0.05) is 99.6 Å². The van der Waals surface area contributed by atoms with Gasteiger partial charge in [0.15, 0.2) is 0 Å². The molecular formula is C37H52N2O8. The van der Waals surface area contributed by atoms with E-state index in [0.29, 0.717) is 18.6 Å². The Morgan fingerprint density at radius 2 is 1.57 bits per heavy atom. The van der Waals surface area contributed by atoms with Crippen LogP contribution in [0.15, 0.2) is 66.7 Å². The standard InChI is InChI=1S/C21H28N2O8.C16H24/c1-2-3-4-5-7-19(24)22-16-21(26)31-18-11-9-17(10-12-18)13-15-29-20(25)8-6-14-30-23(27)28;1-3-9-15(10-4-1)11-5-2-6-12-16-13-7-8-14-16/h2-3,9-12H,4-8,13-16H2,1H3,(H,22,24);1,3-4,9-10,16H,2,5-8,11-14H2/b3-2-;. The van der Waals surface area contributed by atoms with Crippen LogP contribution in [-0.2, 0) is 36.8 Å². The molecule has 3 rings (SSSR count). The third-order valence-corrected chi connectivity index (χ3v) is 7.87. The fourth-order valence-electron chi connectivity index (χ4n) is 5.29. The fraction of sp³-hybridized carbons (Fsp3) is 0.541. The Balaban J connectivity index is 0.000000398. The normalized spacial score (nSPS) is 12.6. The molecule has 0 heterocycles. The first-order valence-electron chi connectivity index (χ1n) is 17.0. The van der Waals surface area contributed by atoms with Gasteiger partial charge in [0, 0.05) is 19.3 Å². The molecule has 1 aliphatic rings. The molecule has 10 nitrogen and oxygen atoms in total. The number of benzene rings is 2. The number of aryl methyl sites for hydroxylation is 1. The number of unbranched alkanes of at least 4 members (excludes halogenated alkanes) is 3. The number of hydrogen-bond acceptors (Lipinski definition) is 8. The van der Waals surface area contributed by atoms with Gasteiger partial charge < -0.3 is 19.6 Å². The van der Waals surface area contributed by atoms with Crippen molar-refractivity contribution in [2.75, 3.05) is 19.8 Å². The lowest BCUT2D eigenvalue weighted by Gasteiger charge is -2.08. The molecule has 0 aromatic heterocycles. The van der Waals surface area contributed by atoms with Crippen LogP contribution in [0.4, 0.5) is 0 Å². The topological polar surface area (TPSA) is 134 Å². The van der Waals surface area contributed by atoms with Crippen LogP contribution >= 0.6 is 0 Å². The lowest BCUT2D eigenvalue weighted by Crippen LogP contribution is -2.31. The van der Waals surface area contributed by atoms with Crippen LogP contribution in [-0.4, -0.2) is 42.7 Å². The van der Waals surface area contributed by atoms with Gasteiger partial charge >= 0.3 is 11.9 Å². The third-order valence-electron chi connectivity index (χ3n) is 7.87. The van der Waals surface area contributed by atoms with Crippen LogP contribution < -0.4 is 10.1 Å². The van der Waals surface area contributed by atoms with E-state index in [0.717, 1.165) is 24.3 Å². The Morgan fingerprint density at radius 1 is 0.851 bits per heavy atom. The van der Waals surface area contributed by atoms with Crippen molar-refractivity contribution in [3.63, 3.8) is 0 Å². The summed E-state index contributed by atoms with van der Waals surface area (Å²) in [5.41, 5.74) is 2.38. The highest BCUT2D eigenvalue weighted by molar-refractivity contribution is 5.82. The number of nitrogens with zero attached hydrogens (tertiary/aromatic N) is 1. The van der Waals surface area contributed by atoms with Gasteiger partial charge in [-0.05, 0) is 68.2 Å². The summed E-state index contributed by atoms with van der Waals surface area (Å²) < 4.78 is 10.2. The van der Waals surface area contributed by atoms with E-state index >= 15 is 0 Å². The van der Waals surface area contributed by atoms with Gasteiger partial charge in [0.1, 0.15) is 12.3 Å². The quantitative estimate of drug-likeness (QED) is 0.0366. The zero-order valence-electron chi connectivity index (χ0n) is 27.9. The van der Waals surface area contributed by atoms with E-state index in [1.165, 1.54) is 63.4 Å². The van der Waals surface area contributed by atoms with Crippen LogP contribution in [0.1, 0.15) is 102 Å². The molecule has 0 aliphatic heterocycles. The van der Waals surface area contributed by atoms with Crippen LogP contribution in [0.3, 0.4) is 0 Å². The van der Waals surface area contributed by atoms with E-state index in [1.807, 2.05) is 19.1 Å². The molecular weight excluding hydrogens is 600 g/mol. The van der Waals surface area contributed by atoms with Crippen molar-refractivity contribution in [2.45, 2.75) is 103 Å². The highest BCUT2D eigenvalue weighted by Crippen LogP contribution is 2.29. The number of nitrogens with one attached hydrogen (secondary N) is 1. The van der Waals surface area contributed by atoms with Gasteiger partial charge in [0.25, 0.3) is 5.09 Å². The van der Waals surface area contributed by atoms with Gasteiger partial charge in [0.05, 0.1) is 13.2 Å². The maximum atomic E-state index is 11.8. The average Bonchev–Trinajstić information content (AvgIpc) is 3.59. The average molecular weight is 653 g/mol. The molecule has 1 amide bonds. The number of allylic oxidation sites excluding steroid dienone is 2. The molecule has 0 radical (unpaired) electrons. The SMILES string of the molecule is C/C=C\CCCC(=O)NCC(=O)Oc1ccc(CCOC(=O)CCCO[N+](=O)[O-])cc1.c1ccc(CCCCCC2CCCC2)cc1. The molecule has 10 heteroatoms. The Bertz CT molecular complexity index is 1190. The number of hydrogen-bond donors (Lipinski definition) is 1. The maximum Gasteiger partial charge on any atom is 0.330 e. The summed E-state index contributed by atoms with van der Waals surface area (Å²) in [6, 6.07) is 17.6. The van der Waals surface area contributed by atoms with E-state index in [1.54, 1.807) is 24.3 Å². The second-order valence-electron chi connectivity index (χ2n) is 11.7. The number of esters is 2. The van der Waals surface area contributed by atoms with Crippen LogP contribution in [0.5, 0.6) is 5.75 Å². The smallest absolute Gasteiger partial charge is 0.330 e. The zero-order chi connectivity index (χ0) is 34.0. The summed E-state index contributed by atoms with van der Waals surface area (Å²) in [4.78, 5) is 49.1. The largest absolute Gasteiger partial charge is 0.465 e. The molecule has 0 atom stereocenters. The predicted octanol–water partition coefficient (Wildman–Crippen LogP) is 7.51. The summed E-state index contributed by atoms with van der Waals surface area (Å²) in [5.74, 6) is 0.207. The molecule has 258 valence electrons. The van der Waals surface area contributed by atoms with Crippen LogP contribution in [0.2, 0.25) is 0 Å². The minimum Gasteiger partial charge on any atom is -0.465 e. The van der Waals surface area contributed by atoms with Crippen molar-refractivity contribution in [1.82, 2.24) is 5.32 Å². The fourth-order valence-corrected chi connectivity index (χ4v) is 5.29.